The minimum absolute atomic E-state index is 0.0547. The standard InChI is InChI=1S/C23H27BrN2O3/c1-3-14(2)21(26-23(28)29)13-17(15-7-9-16(24)10-8-15)22(27)19-12-18(19)20-6-4-5-11-25-20/h4-11,14,17-19,21,26H,3,12-13H2,1-2H3,(H,28,29)/t14-,17?,18+,19+,21+/m0/s1. The first-order valence-corrected chi connectivity index (χ1v) is 10.9. The van der Waals surface area contributed by atoms with Gasteiger partial charge in [-0.2, -0.15) is 0 Å². The van der Waals surface area contributed by atoms with Crippen LogP contribution in [0.1, 0.15) is 56.2 Å². The van der Waals surface area contributed by atoms with Gasteiger partial charge in [0.2, 0.25) is 0 Å². The Bertz CT molecular complexity index is 841. The van der Waals surface area contributed by atoms with Gasteiger partial charge < -0.3 is 10.4 Å². The van der Waals surface area contributed by atoms with Crippen LogP contribution in [-0.4, -0.2) is 28.0 Å². The first kappa shape index (κ1) is 21.5. The van der Waals surface area contributed by atoms with Crippen molar-refractivity contribution >= 4 is 27.8 Å². The molecule has 3 rings (SSSR count). The van der Waals surface area contributed by atoms with Gasteiger partial charge in [0, 0.05) is 40.2 Å². The molecule has 1 heterocycles. The van der Waals surface area contributed by atoms with Crippen LogP contribution in [0.4, 0.5) is 4.79 Å². The van der Waals surface area contributed by atoms with Crippen molar-refractivity contribution in [2.45, 2.75) is 51.0 Å². The molecule has 1 aromatic heterocycles. The molecule has 1 fully saturated rings. The normalized spacial score (nSPS) is 21.1. The number of amides is 1. The lowest BCUT2D eigenvalue weighted by Crippen LogP contribution is -2.40. The lowest BCUT2D eigenvalue weighted by Gasteiger charge is -2.27. The minimum Gasteiger partial charge on any atom is -0.465 e. The number of carboxylic acid groups (broad SMARTS) is 1. The van der Waals surface area contributed by atoms with Crippen LogP contribution in [-0.2, 0) is 4.79 Å². The van der Waals surface area contributed by atoms with E-state index in [1.54, 1.807) is 6.20 Å². The maximum atomic E-state index is 13.5. The Hall–Kier alpha value is -2.21. The second-order valence-electron chi connectivity index (χ2n) is 7.89. The Labute approximate surface area is 180 Å². The number of Topliss-reactive ketones (excluding diaryl/α,β-unsaturated/α-hetero) is 1. The molecule has 1 aromatic carbocycles. The number of halogens is 1. The van der Waals surface area contributed by atoms with E-state index in [1.807, 2.05) is 56.3 Å². The maximum Gasteiger partial charge on any atom is 0.404 e. The number of ketones is 1. The van der Waals surface area contributed by atoms with E-state index in [-0.39, 0.29) is 35.5 Å². The molecule has 5 atom stereocenters. The molecular formula is C23H27BrN2O3. The van der Waals surface area contributed by atoms with E-state index in [2.05, 4.69) is 26.2 Å². The zero-order chi connectivity index (χ0) is 21.0. The highest BCUT2D eigenvalue weighted by atomic mass is 79.9. The summed E-state index contributed by atoms with van der Waals surface area (Å²) in [6, 6.07) is 13.3. The van der Waals surface area contributed by atoms with Gasteiger partial charge in [-0.15, -0.1) is 0 Å². The van der Waals surface area contributed by atoms with Crippen molar-refractivity contribution in [3.63, 3.8) is 0 Å². The van der Waals surface area contributed by atoms with Crippen LogP contribution in [0.2, 0.25) is 0 Å². The highest BCUT2D eigenvalue weighted by molar-refractivity contribution is 9.10. The number of carbonyl (C=O) groups excluding carboxylic acids is 1. The Morgan fingerprint density at radius 1 is 1.24 bits per heavy atom. The van der Waals surface area contributed by atoms with Crippen molar-refractivity contribution < 1.29 is 14.7 Å². The van der Waals surface area contributed by atoms with Crippen molar-refractivity contribution in [1.29, 1.82) is 0 Å². The highest BCUT2D eigenvalue weighted by Crippen LogP contribution is 2.50. The van der Waals surface area contributed by atoms with E-state index < -0.39 is 6.09 Å². The van der Waals surface area contributed by atoms with Gasteiger partial charge in [0.25, 0.3) is 0 Å². The summed E-state index contributed by atoms with van der Waals surface area (Å²) in [6.45, 7) is 4.06. The first-order chi connectivity index (χ1) is 13.9. The zero-order valence-corrected chi connectivity index (χ0v) is 18.3. The Kier molecular flexibility index (Phi) is 7.06. The van der Waals surface area contributed by atoms with Gasteiger partial charge in [-0.05, 0) is 48.6 Å². The number of benzene rings is 1. The number of hydrogen-bond acceptors (Lipinski definition) is 3. The summed E-state index contributed by atoms with van der Waals surface area (Å²) in [5.74, 6) is 0.0934. The van der Waals surface area contributed by atoms with Crippen LogP contribution in [0.5, 0.6) is 0 Å². The van der Waals surface area contributed by atoms with E-state index in [0.717, 1.165) is 28.6 Å². The van der Waals surface area contributed by atoms with Crippen LogP contribution in [0.3, 0.4) is 0 Å². The predicted octanol–water partition coefficient (Wildman–Crippen LogP) is 5.37. The van der Waals surface area contributed by atoms with Gasteiger partial charge in [0.1, 0.15) is 5.78 Å². The van der Waals surface area contributed by atoms with Gasteiger partial charge in [0.05, 0.1) is 0 Å². The van der Waals surface area contributed by atoms with Crippen LogP contribution < -0.4 is 5.32 Å². The molecule has 2 N–H and O–H groups in total. The summed E-state index contributed by atoms with van der Waals surface area (Å²) in [5, 5.41) is 11.9. The van der Waals surface area contributed by atoms with Gasteiger partial charge in [-0.3, -0.25) is 9.78 Å². The van der Waals surface area contributed by atoms with Crippen molar-refractivity contribution in [1.82, 2.24) is 10.3 Å². The zero-order valence-electron chi connectivity index (χ0n) is 16.7. The van der Waals surface area contributed by atoms with E-state index in [0.29, 0.717) is 6.42 Å². The van der Waals surface area contributed by atoms with Crippen LogP contribution in [0, 0.1) is 11.8 Å². The third kappa shape index (κ3) is 5.44. The molecule has 6 heteroatoms. The largest absolute Gasteiger partial charge is 0.465 e. The summed E-state index contributed by atoms with van der Waals surface area (Å²) in [4.78, 5) is 29.2. The third-order valence-electron chi connectivity index (χ3n) is 5.97. The molecule has 0 saturated heterocycles. The number of carbonyl (C=O) groups is 2. The summed E-state index contributed by atoms with van der Waals surface area (Å²) in [6.07, 6.45) is 2.83. The Morgan fingerprint density at radius 2 is 1.97 bits per heavy atom. The second-order valence-corrected chi connectivity index (χ2v) is 8.80. The molecule has 2 aromatic rings. The molecule has 1 aliphatic rings. The number of hydrogen-bond donors (Lipinski definition) is 2. The molecule has 0 radical (unpaired) electrons. The van der Waals surface area contributed by atoms with Crippen molar-refractivity contribution in [2.24, 2.45) is 11.8 Å². The first-order valence-electron chi connectivity index (χ1n) is 10.1. The molecule has 0 spiro atoms. The topological polar surface area (TPSA) is 79.3 Å². The van der Waals surface area contributed by atoms with Crippen LogP contribution >= 0.6 is 15.9 Å². The van der Waals surface area contributed by atoms with E-state index in [9.17, 15) is 14.7 Å². The molecule has 1 amide bonds. The SMILES string of the molecule is CC[C@H](C)[C@@H](CC(C(=O)[C@@H]1C[C@H]1c1ccccn1)c1ccc(Br)cc1)NC(=O)O. The Balaban J connectivity index is 1.84. The monoisotopic (exact) mass is 458 g/mol. The lowest BCUT2D eigenvalue weighted by atomic mass is 9.82. The van der Waals surface area contributed by atoms with E-state index >= 15 is 0 Å². The summed E-state index contributed by atoms with van der Waals surface area (Å²) in [7, 11) is 0. The molecule has 0 bridgehead atoms. The smallest absolute Gasteiger partial charge is 0.404 e. The van der Waals surface area contributed by atoms with Gasteiger partial charge >= 0.3 is 6.09 Å². The second kappa shape index (κ2) is 9.53. The molecule has 0 aliphatic heterocycles. The lowest BCUT2D eigenvalue weighted by molar-refractivity contribution is -0.122. The molecular weight excluding hydrogens is 432 g/mol. The number of nitrogens with one attached hydrogen (secondary N) is 1. The van der Waals surface area contributed by atoms with Gasteiger partial charge in [-0.1, -0.05) is 54.4 Å². The van der Waals surface area contributed by atoms with E-state index in [4.69, 9.17) is 0 Å². The molecule has 29 heavy (non-hydrogen) atoms. The third-order valence-corrected chi connectivity index (χ3v) is 6.50. The predicted molar refractivity (Wildman–Crippen MR) is 116 cm³/mol. The fourth-order valence-corrected chi connectivity index (χ4v) is 4.20. The molecule has 1 aliphatic carbocycles. The van der Waals surface area contributed by atoms with Crippen molar-refractivity contribution in [3.05, 3.63) is 64.4 Å². The fourth-order valence-electron chi connectivity index (χ4n) is 3.93. The van der Waals surface area contributed by atoms with Gasteiger partial charge in [-0.25, -0.2) is 4.79 Å². The number of pyridine rings is 1. The van der Waals surface area contributed by atoms with Crippen molar-refractivity contribution in [3.8, 4) is 0 Å². The van der Waals surface area contributed by atoms with Crippen molar-refractivity contribution in [2.75, 3.05) is 0 Å². The highest BCUT2D eigenvalue weighted by Gasteiger charge is 2.47. The number of aromatic nitrogens is 1. The number of nitrogens with zero attached hydrogens (tertiary/aromatic N) is 1. The summed E-state index contributed by atoms with van der Waals surface area (Å²) in [5.41, 5.74) is 1.90. The molecule has 1 saturated carbocycles. The summed E-state index contributed by atoms with van der Waals surface area (Å²) < 4.78 is 0.951. The van der Waals surface area contributed by atoms with Gasteiger partial charge in [0.15, 0.2) is 0 Å². The maximum absolute atomic E-state index is 13.5. The molecule has 5 nitrogen and oxygen atoms in total. The fraction of sp³-hybridized carbons (Fsp3) is 0.435. The summed E-state index contributed by atoms with van der Waals surface area (Å²) >= 11 is 3.45. The average molecular weight is 459 g/mol. The quantitative estimate of drug-likeness (QED) is 0.528. The Morgan fingerprint density at radius 3 is 2.55 bits per heavy atom. The average Bonchev–Trinajstić information content (AvgIpc) is 3.52. The van der Waals surface area contributed by atoms with E-state index in [1.165, 1.54) is 0 Å². The molecule has 1 unspecified atom stereocenters. The number of rotatable bonds is 9. The molecule has 154 valence electrons. The minimum atomic E-state index is -1.05. The van der Waals surface area contributed by atoms with Crippen LogP contribution in [0.25, 0.3) is 0 Å². The van der Waals surface area contributed by atoms with Crippen LogP contribution in [0.15, 0.2) is 53.1 Å².